The maximum atomic E-state index is 13.9. The van der Waals surface area contributed by atoms with Crippen molar-refractivity contribution in [1.29, 1.82) is 0 Å². The van der Waals surface area contributed by atoms with E-state index in [-0.39, 0.29) is 6.54 Å². The van der Waals surface area contributed by atoms with Crippen molar-refractivity contribution in [3.05, 3.63) is 66.1 Å². The highest BCUT2D eigenvalue weighted by atomic mass is 19.1. The number of carbonyl (C=O) groups is 2. The van der Waals surface area contributed by atoms with Gasteiger partial charge in [0.2, 0.25) is 0 Å². The van der Waals surface area contributed by atoms with Crippen molar-refractivity contribution in [1.82, 2.24) is 25.2 Å². The summed E-state index contributed by atoms with van der Waals surface area (Å²) in [5, 5.41) is 3.25. The van der Waals surface area contributed by atoms with Crippen LogP contribution in [0.5, 0.6) is 0 Å². The van der Waals surface area contributed by atoms with Crippen molar-refractivity contribution in [2.24, 2.45) is 0 Å². The standard InChI is InChI=1S/C18H14FN5O2/c1-18(14-9-20-5-6-21-14)16(25)24(17(26)23-18)10-12-8-13(19)7-11-3-2-4-22-15(11)12/h2-9H,10H2,1H3,(H,23,26). The summed E-state index contributed by atoms with van der Waals surface area (Å²) in [6, 6.07) is 5.50. The molecule has 0 radical (unpaired) electrons. The molecule has 1 aromatic carbocycles. The summed E-state index contributed by atoms with van der Waals surface area (Å²) in [5.74, 6) is -0.930. The third kappa shape index (κ3) is 2.46. The normalized spacial score (nSPS) is 19.8. The molecule has 7 nitrogen and oxygen atoms in total. The van der Waals surface area contributed by atoms with Crippen molar-refractivity contribution in [3.8, 4) is 0 Å². The topological polar surface area (TPSA) is 88.1 Å². The molecule has 2 aromatic heterocycles. The molecule has 1 aliphatic heterocycles. The largest absolute Gasteiger partial charge is 0.325 e. The first-order chi connectivity index (χ1) is 12.5. The lowest BCUT2D eigenvalue weighted by Crippen LogP contribution is -2.41. The Bertz CT molecular complexity index is 1030. The number of nitrogens with one attached hydrogen (secondary N) is 1. The van der Waals surface area contributed by atoms with E-state index < -0.39 is 23.3 Å². The minimum Gasteiger partial charge on any atom is -0.318 e. The number of benzene rings is 1. The number of halogens is 1. The van der Waals surface area contributed by atoms with Crippen LogP contribution >= 0.6 is 0 Å². The van der Waals surface area contributed by atoms with E-state index in [4.69, 9.17) is 0 Å². The summed E-state index contributed by atoms with van der Waals surface area (Å²) in [7, 11) is 0. The molecule has 0 spiro atoms. The lowest BCUT2D eigenvalue weighted by atomic mass is 9.98. The van der Waals surface area contributed by atoms with Gasteiger partial charge < -0.3 is 5.32 Å². The van der Waals surface area contributed by atoms with Gasteiger partial charge in [0.15, 0.2) is 5.54 Å². The second kappa shape index (κ2) is 5.83. The minimum absolute atomic E-state index is 0.0915. The quantitative estimate of drug-likeness (QED) is 0.731. The summed E-state index contributed by atoms with van der Waals surface area (Å²) in [4.78, 5) is 38.7. The Morgan fingerprint density at radius 1 is 1.19 bits per heavy atom. The zero-order valence-electron chi connectivity index (χ0n) is 13.8. The summed E-state index contributed by atoms with van der Waals surface area (Å²) in [6.45, 7) is 1.48. The molecule has 3 heterocycles. The smallest absolute Gasteiger partial charge is 0.318 e. The zero-order valence-corrected chi connectivity index (χ0v) is 13.8. The third-order valence-corrected chi connectivity index (χ3v) is 4.43. The predicted octanol–water partition coefficient (Wildman–Crippen LogP) is 2.13. The molecule has 1 aliphatic rings. The van der Waals surface area contributed by atoms with E-state index in [9.17, 15) is 14.0 Å². The van der Waals surface area contributed by atoms with E-state index in [0.717, 1.165) is 4.90 Å². The van der Waals surface area contributed by atoms with Crippen LogP contribution in [0.2, 0.25) is 0 Å². The van der Waals surface area contributed by atoms with Crippen molar-refractivity contribution in [2.75, 3.05) is 0 Å². The van der Waals surface area contributed by atoms with Gasteiger partial charge in [-0.05, 0) is 25.1 Å². The first-order valence-electron chi connectivity index (χ1n) is 7.93. The molecular weight excluding hydrogens is 337 g/mol. The Kier molecular flexibility index (Phi) is 3.61. The first kappa shape index (κ1) is 16.1. The molecule has 26 heavy (non-hydrogen) atoms. The summed E-state index contributed by atoms with van der Waals surface area (Å²) in [6.07, 6.45) is 5.95. The number of urea groups is 1. The summed E-state index contributed by atoms with van der Waals surface area (Å²) in [5.41, 5.74) is 0.0141. The minimum atomic E-state index is -1.32. The van der Waals surface area contributed by atoms with Crippen molar-refractivity contribution < 1.29 is 14.0 Å². The fraction of sp³-hybridized carbons (Fsp3) is 0.167. The van der Waals surface area contributed by atoms with Crippen LogP contribution in [0.15, 0.2) is 49.1 Å². The molecule has 1 saturated heterocycles. The Labute approximate surface area is 147 Å². The number of imide groups is 1. The molecule has 1 unspecified atom stereocenters. The lowest BCUT2D eigenvalue weighted by molar-refractivity contribution is -0.131. The van der Waals surface area contributed by atoms with E-state index in [1.165, 1.54) is 30.7 Å². The molecule has 3 aromatic rings. The average Bonchev–Trinajstić information content (AvgIpc) is 2.86. The predicted molar refractivity (Wildman–Crippen MR) is 90.2 cm³/mol. The molecule has 0 saturated carbocycles. The van der Waals surface area contributed by atoms with Gasteiger partial charge in [0.1, 0.15) is 5.82 Å². The van der Waals surface area contributed by atoms with Gasteiger partial charge in [0, 0.05) is 29.5 Å². The van der Waals surface area contributed by atoms with Crippen LogP contribution in [0.3, 0.4) is 0 Å². The number of carbonyl (C=O) groups excluding carboxylic acids is 2. The molecule has 4 rings (SSSR count). The monoisotopic (exact) mass is 351 g/mol. The molecule has 1 N–H and O–H groups in total. The zero-order chi connectivity index (χ0) is 18.3. The van der Waals surface area contributed by atoms with Gasteiger partial charge in [-0.1, -0.05) is 6.07 Å². The van der Waals surface area contributed by atoms with Crippen LogP contribution in [-0.4, -0.2) is 31.8 Å². The van der Waals surface area contributed by atoms with Crippen LogP contribution in [0.25, 0.3) is 10.9 Å². The van der Waals surface area contributed by atoms with E-state index in [1.807, 2.05) is 0 Å². The van der Waals surface area contributed by atoms with Crippen LogP contribution in [0, 0.1) is 5.82 Å². The number of amides is 3. The third-order valence-electron chi connectivity index (χ3n) is 4.43. The first-order valence-corrected chi connectivity index (χ1v) is 7.93. The Hall–Kier alpha value is -3.42. The van der Waals surface area contributed by atoms with Gasteiger partial charge in [0.05, 0.1) is 24.0 Å². The second-order valence-corrected chi connectivity index (χ2v) is 6.18. The Balaban J connectivity index is 1.72. The highest BCUT2D eigenvalue weighted by Gasteiger charge is 2.50. The fourth-order valence-electron chi connectivity index (χ4n) is 3.09. The SMILES string of the molecule is CC1(c2cnccn2)NC(=O)N(Cc2cc(F)cc3cccnc23)C1=O. The summed E-state index contributed by atoms with van der Waals surface area (Å²) < 4.78 is 13.9. The number of hydrogen-bond acceptors (Lipinski definition) is 5. The molecule has 130 valence electrons. The van der Waals surface area contributed by atoms with Gasteiger partial charge in [-0.25, -0.2) is 9.18 Å². The Morgan fingerprint density at radius 2 is 2.04 bits per heavy atom. The van der Waals surface area contributed by atoms with Gasteiger partial charge in [0.25, 0.3) is 5.91 Å². The van der Waals surface area contributed by atoms with Crippen molar-refractivity contribution in [3.63, 3.8) is 0 Å². The molecule has 8 heteroatoms. The van der Waals surface area contributed by atoms with Gasteiger partial charge in [-0.3, -0.25) is 24.6 Å². The van der Waals surface area contributed by atoms with Crippen LogP contribution in [-0.2, 0) is 16.9 Å². The molecule has 0 bridgehead atoms. The number of rotatable bonds is 3. The number of hydrogen-bond donors (Lipinski definition) is 1. The molecule has 3 amide bonds. The molecule has 0 aliphatic carbocycles. The van der Waals surface area contributed by atoms with Crippen LogP contribution in [0.4, 0.5) is 9.18 Å². The van der Waals surface area contributed by atoms with E-state index in [2.05, 4.69) is 20.3 Å². The average molecular weight is 351 g/mol. The number of nitrogens with zero attached hydrogens (tertiary/aromatic N) is 4. The van der Waals surface area contributed by atoms with Crippen LogP contribution in [0.1, 0.15) is 18.2 Å². The van der Waals surface area contributed by atoms with E-state index >= 15 is 0 Å². The number of fused-ring (bicyclic) bond motifs is 1. The van der Waals surface area contributed by atoms with Crippen molar-refractivity contribution >= 4 is 22.8 Å². The highest BCUT2D eigenvalue weighted by Crippen LogP contribution is 2.29. The maximum absolute atomic E-state index is 13.9. The van der Waals surface area contributed by atoms with E-state index in [0.29, 0.717) is 22.2 Å². The molecule has 1 atom stereocenters. The second-order valence-electron chi connectivity index (χ2n) is 6.18. The number of aromatic nitrogens is 3. The van der Waals surface area contributed by atoms with Gasteiger partial charge in [-0.15, -0.1) is 0 Å². The molecule has 1 fully saturated rings. The molecular formula is C18H14FN5O2. The van der Waals surface area contributed by atoms with Gasteiger partial charge >= 0.3 is 6.03 Å². The Morgan fingerprint density at radius 3 is 2.81 bits per heavy atom. The van der Waals surface area contributed by atoms with E-state index in [1.54, 1.807) is 25.3 Å². The fourth-order valence-corrected chi connectivity index (χ4v) is 3.09. The highest BCUT2D eigenvalue weighted by molar-refractivity contribution is 6.07. The lowest BCUT2D eigenvalue weighted by Gasteiger charge is -2.20. The van der Waals surface area contributed by atoms with Crippen molar-refractivity contribution in [2.45, 2.75) is 19.0 Å². The van der Waals surface area contributed by atoms with Crippen LogP contribution < -0.4 is 5.32 Å². The summed E-state index contributed by atoms with van der Waals surface area (Å²) >= 11 is 0. The van der Waals surface area contributed by atoms with Gasteiger partial charge in [-0.2, -0.15) is 0 Å². The number of pyridine rings is 1. The maximum Gasteiger partial charge on any atom is 0.325 e.